The van der Waals surface area contributed by atoms with Crippen molar-refractivity contribution in [1.29, 1.82) is 0 Å². The van der Waals surface area contributed by atoms with Crippen molar-refractivity contribution < 1.29 is 9.53 Å². The molecule has 0 spiro atoms. The molecule has 5 heteroatoms. The van der Waals surface area contributed by atoms with Gasteiger partial charge in [0.2, 0.25) is 0 Å². The number of rotatable bonds is 4. The Kier molecular flexibility index (Phi) is 4.19. The summed E-state index contributed by atoms with van der Waals surface area (Å²) in [5.74, 6) is -0.435. The van der Waals surface area contributed by atoms with E-state index in [-0.39, 0.29) is 0 Å². The predicted octanol–water partition coefficient (Wildman–Crippen LogP) is 3.77. The zero-order valence-corrected chi connectivity index (χ0v) is 14.3. The molecule has 4 rings (SSSR count). The van der Waals surface area contributed by atoms with Gasteiger partial charge in [0.05, 0.1) is 18.3 Å². The number of methoxy groups -OCH3 is 1. The Balaban J connectivity index is 1.82. The molecule has 128 valence electrons. The maximum atomic E-state index is 11.8. The summed E-state index contributed by atoms with van der Waals surface area (Å²) in [6.45, 7) is 0. The molecule has 3 heterocycles. The maximum Gasteiger partial charge on any atom is 0.356 e. The normalized spacial score (nSPS) is 10.8. The third-order valence-corrected chi connectivity index (χ3v) is 4.25. The van der Waals surface area contributed by atoms with Gasteiger partial charge in [-0.15, -0.1) is 0 Å². The molecular weight excluding hydrogens is 326 g/mol. The first-order valence-electron chi connectivity index (χ1n) is 8.32. The van der Waals surface area contributed by atoms with Gasteiger partial charge in [-0.05, 0) is 24.3 Å². The van der Waals surface area contributed by atoms with E-state index in [0.29, 0.717) is 12.1 Å². The maximum absolute atomic E-state index is 11.8. The number of pyridine rings is 2. The Labute approximate surface area is 150 Å². The summed E-state index contributed by atoms with van der Waals surface area (Å²) < 4.78 is 6.65. The molecular formula is C21H17N3O2. The number of hydrogen-bond donors (Lipinski definition) is 0. The van der Waals surface area contributed by atoms with Crippen LogP contribution in [0, 0.1) is 0 Å². The van der Waals surface area contributed by atoms with Crippen LogP contribution >= 0.6 is 0 Å². The quantitative estimate of drug-likeness (QED) is 0.529. The number of fused-ring (bicyclic) bond motifs is 1. The predicted molar refractivity (Wildman–Crippen MR) is 99.0 cm³/mol. The Morgan fingerprint density at radius 2 is 1.81 bits per heavy atom. The molecule has 3 aromatic heterocycles. The second-order valence-electron chi connectivity index (χ2n) is 5.91. The number of esters is 1. The molecule has 0 unspecified atom stereocenters. The van der Waals surface area contributed by atoms with Gasteiger partial charge in [0.25, 0.3) is 0 Å². The van der Waals surface area contributed by atoms with Crippen molar-refractivity contribution in [3.05, 3.63) is 89.9 Å². The van der Waals surface area contributed by atoms with Crippen LogP contribution in [0.4, 0.5) is 0 Å². The van der Waals surface area contributed by atoms with Gasteiger partial charge in [-0.3, -0.25) is 0 Å². The fraction of sp³-hybridized carbons (Fsp3) is 0.0952. The summed E-state index contributed by atoms with van der Waals surface area (Å²) >= 11 is 0. The average Bonchev–Trinajstić information content (AvgIpc) is 3.07. The van der Waals surface area contributed by atoms with Crippen molar-refractivity contribution in [2.24, 2.45) is 0 Å². The lowest BCUT2D eigenvalue weighted by Gasteiger charge is -2.05. The van der Waals surface area contributed by atoms with E-state index >= 15 is 0 Å². The smallest absolute Gasteiger partial charge is 0.356 e. The molecule has 0 bridgehead atoms. The van der Waals surface area contributed by atoms with E-state index < -0.39 is 5.97 Å². The SMILES string of the molecule is COC(=O)c1cccc(Cc2c(-c3ccccc3)nn3ccccc23)n1. The molecule has 0 saturated carbocycles. The topological polar surface area (TPSA) is 56.5 Å². The second-order valence-corrected chi connectivity index (χ2v) is 5.91. The van der Waals surface area contributed by atoms with Crippen molar-refractivity contribution in [2.45, 2.75) is 6.42 Å². The number of nitrogens with zero attached hydrogens (tertiary/aromatic N) is 3. The number of carbonyl (C=O) groups excluding carboxylic acids is 1. The largest absolute Gasteiger partial charge is 0.464 e. The lowest BCUT2D eigenvalue weighted by Crippen LogP contribution is -2.06. The third-order valence-electron chi connectivity index (χ3n) is 4.25. The molecule has 5 nitrogen and oxygen atoms in total. The highest BCUT2D eigenvalue weighted by atomic mass is 16.5. The van der Waals surface area contributed by atoms with Crippen molar-refractivity contribution in [3.63, 3.8) is 0 Å². The number of benzene rings is 1. The summed E-state index contributed by atoms with van der Waals surface area (Å²) in [6.07, 6.45) is 2.51. The van der Waals surface area contributed by atoms with Crippen LogP contribution in [0.5, 0.6) is 0 Å². The molecule has 1 aromatic carbocycles. The minimum absolute atomic E-state index is 0.308. The van der Waals surface area contributed by atoms with Crippen molar-refractivity contribution in [2.75, 3.05) is 7.11 Å². The van der Waals surface area contributed by atoms with Gasteiger partial charge in [0, 0.05) is 29.4 Å². The first kappa shape index (κ1) is 16.0. The zero-order valence-electron chi connectivity index (χ0n) is 14.3. The molecule has 0 radical (unpaired) electrons. The molecule has 4 aromatic rings. The van der Waals surface area contributed by atoms with Gasteiger partial charge in [0.15, 0.2) is 0 Å². The minimum atomic E-state index is -0.435. The zero-order chi connectivity index (χ0) is 17.9. The molecule has 26 heavy (non-hydrogen) atoms. The molecule has 0 aliphatic carbocycles. The van der Waals surface area contributed by atoms with E-state index in [1.807, 2.05) is 71.4 Å². The van der Waals surface area contributed by atoms with Crippen LogP contribution < -0.4 is 0 Å². The number of aromatic nitrogens is 3. The molecule has 0 aliphatic rings. The van der Waals surface area contributed by atoms with Gasteiger partial charge >= 0.3 is 5.97 Å². The second kappa shape index (κ2) is 6.80. The van der Waals surface area contributed by atoms with E-state index in [9.17, 15) is 4.79 Å². The number of hydrogen-bond acceptors (Lipinski definition) is 4. The highest BCUT2D eigenvalue weighted by Crippen LogP contribution is 2.28. The number of carbonyl (C=O) groups is 1. The molecule has 0 saturated heterocycles. The van der Waals surface area contributed by atoms with Gasteiger partial charge in [0.1, 0.15) is 5.69 Å². The van der Waals surface area contributed by atoms with Crippen molar-refractivity contribution >= 4 is 11.5 Å². The Morgan fingerprint density at radius 1 is 1.00 bits per heavy atom. The van der Waals surface area contributed by atoms with Crippen LogP contribution in [0.3, 0.4) is 0 Å². The fourth-order valence-corrected chi connectivity index (χ4v) is 3.03. The molecule has 0 amide bonds. The summed E-state index contributed by atoms with van der Waals surface area (Å²) in [5, 5.41) is 4.75. The lowest BCUT2D eigenvalue weighted by molar-refractivity contribution is 0.0593. The monoisotopic (exact) mass is 343 g/mol. The highest BCUT2D eigenvalue weighted by Gasteiger charge is 2.16. The van der Waals surface area contributed by atoms with Crippen molar-refractivity contribution in [1.82, 2.24) is 14.6 Å². The van der Waals surface area contributed by atoms with E-state index in [4.69, 9.17) is 9.84 Å². The Hall–Kier alpha value is -3.47. The average molecular weight is 343 g/mol. The van der Waals surface area contributed by atoms with Gasteiger partial charge in [-0.1, -0.05) is 42.5 Å². The standard InChI is InChI=1S/C21H17N3O2/c1-26-21(25)18-11-7-10-16(22-18)14-17-19-12-5-6-13-24(19)23-20(17)15-8-3-2-4-9-15/h2-13H,14H2,1H3. The lowest BCUT2D eigenvalue weighted by atomic mass is 10.0. The highest BCUT2D eigenvalue weighted by molar-refractivity contribution is 5.87. The summed E-state index contributed by atoms with van der Waals surface area (Å²) in [6, 6.07) is 21.5. The first-order valence-corrected chi connectivity index (χ1v) is 8.32. The van der Waals surface area contributed by atoms with Crippen LogP contribution in [0.2, 0.25) is 0 Å². The summed E-state index contributed by atoms with van der Waals surface area (Å²) in [4.78, 5) is 16.2. The van der Waals surface area contributed by atoms with E-state index in [1.165, 1.54) is 7.11 Å². The van der Waals surface area contributed by atoms with Crippen LogP contribution in [-0.2, 0) is 11.2 Å². The molecule has 0 fully saturated rings. The molecule has 0 aliphatic heterocycles. The van der Waals surface area contributed by atoms with Crippen LogP contribution in [-0.4, -0.2) is 27.7 Å². The molecule has 0 N–H and O–H groups in total. The van der Waals surface area contributed by atoms with E-state index in [0.717, 1.165) is 28.0 Å². The van der Waals surface area contributed by atoms with Crippen LogP contribution in [0.25, 0.3) is 16.8 Å². The van der Waals surface area contributed by atoms with Gasteiger partial charge in [-0.2, -0.15) is 5.10 Å². The van der Waals surface area contributed by atoms with Crippen LogP contribution in [0.1, 0.15) is 21.7 Å². The Morgan fingerprint density at radius 3 is 2.62 bits per heavy atom. The van der Waals surface area contributed by atoms with Gasteiger partial charge < -0.3 is 4.74 Å². The van der Waals surface area contributed by atoms with Gasteiger partial charge in [-0.25, -0.2) is 14.3 Å². The first-order chi connectivity index (χ1) is 12.8. The fourth-order valence-electron chi connectivity index (χ4n) is 3.03. The minimum Gasteiger partial charge on any atom is -0.464 e. The number of ether oxygens (including phenoxy) is 1. The molecule has 0 atom stereocenters. The van der Waals surface area contributed by atoms with Crippen molar-refractivity contribution in [3.8, 4) is 11.3 Å². The third kappa shape index (κ3) is 2.95. The van der Waals surface area contributed by atoms with E-state index in [2.05, 4.69) is 4.98 Å². The Bertz CT molecular complexity index is 1070. The summed E-state index contributed by atoms with van der Waals surface area (Å²) in [7, 11) is 1.36. The van der Waals surface area contributed by atoms with E-state index in [1.54, 1.807) is 6.07 Å². The van der Waals surface area contributed by atoms with Crippen LogP contribution in [0.15, 0.2) is 72.9 Å². The summed E-state index contributed by atoms with van der Waals surface area (Å²) in [5.41, 5.74) is 5.17.